The highest BCUT2D eigenvalue weighted by atomic mass is 32.1. The lowest BCUT2D eigenvalue weighted by atomic mass is 10.0. The molecule has 1 aromatic heterocycles. The maximum Gasteiger partial charge on any atom is 0.270 e. The first-order valence-corrected chi connectivity index (χ1v) is 12.2. The number of nitrogens with one attached hydrogen (secondary N) is 1. The van der Waals surface area contributed by atoms with Crippen LogP contribution in [0.1, 0.15) is 42.9 Å². The molecule has 4 rings (SSSR count). The van der Waals surface area contributed by atoms with Crippen LogP contribution >= 0.6 is 11.5 Å². The van der Waals surface area contributed by atoms with Crippen molar-refractivity contribution in [3.63, 3.8) is 0 Å². The SMILES string of the molecule is NC(=O)c1nsc(C(=O)N(Cc2ccccc2)[C@@H](C(=O)NCc2ccc(F)cc2)c2ccc(F)cc2)c1N. The van der Waals surface area contributed by atoms with Gasteiger partial charge in [0, 0.05) is 13.1 Å². The summed E-state index contributed by atoms with van der Waals surface area (Å²) in [6.45, 7) is 0.0353. The van der Waals surface area contributed by atoms with Crippen molar-refractivity contribution in [1.82, 2.24) is 14.6 Å². The zero-order valence-corrected chi connectivity index (χ0v) is 20.8. The van der Waals surface area contributed by atoms with Gasteiger partial charge in [-0.2, -0.15) is 4.37 Å². The number of halogens is 2. The monoisotopic (exact) mass is 535 g/mol. The van der Waals surface area contributed by atoms with Crippen LogP contribution in [0.3, 0.4) is 0 Å². The summed E-state index contributed by atoms with van der Waals surface area (Å²) in [5.74, 6) is -3.05. The van der Waals surface area contributed by atoms with Crippen LogP contribution < -0.4 is 16.8 Å². The lowest BCUT2D eigenvalue weighted by molar-refractivity contribution is -0.126. The summed E-state index contributed by atoms with van der Waals surface area (Å²) < 4.78 is 31.0. The van der Waals surface area contributed by atoms with E-state index in [4.69, 9.17) is 11.5 Å². The molecule has 4 aromatic rings. The van der Waals surface area contributed by atoms with E-state index < -0.39 is 35.4 Å². The minimum atomic E-state index is -1.22. The lowest BCUT2D eigenvalue weighted by Gasteiger charge is -2.31. The number of nitrogen functional groups attached to an aromatic ring is 1. The summed E-state index contributed by atoms with van der Waals surface area (Å²) in [7, 11) is 0. The molecular weight excluding hydrogens is 512 g/mol. The molecule has 1 heterocycles. The molecule has 194 valence electrons. The third-order valence-corrected chi connectivity index (χ3v) is 6.59. The molecule has 8 nitrogen and oxygen atoms in total. The van der Waals surface area contributed by atoms with Crippen LogP contribution in [-0.2, 0) is 17.9 Å². The fraction of sp³-hybridized carbons (Fsp3) is 0.111. The number of nitrogens with two attached hydrogens (primary N) is 2. The quantitative estimate of drug-likeness (QED) is 0.300. The summed E-state index contributed by atoms with van der Waals surface area (Å²) in [6.07, 6.45) is 0. The Morgan fingerprint density at radius 1 is 0.895 bits per heavy atom. The average molecular weight is 536 g/mol. The second-order valence-corrected chi connectivity index (χ2v) is 9.13. The highest BCUT2D eigenvalue weighted by Gasteiger charge is 2.35. The molecule has 0 saturated carbocycles. The Labute approximate surface area is 221 Å². The van der Waals surface area contributed by atoms with Crippen LogP contribution in [0, 0.1) is 11.6 Å². The Balaban J connectivity index is 1.75. The Bertz CT molecular complexity index is 1440. The first-order valence-electron chi connectivity index (χ1n) is 11.4. The first-order chi connectivity index (χ1) is 18.2. The number of carbonyl (C=O) groups excluding carboxylic acids is 3. The Kier molecular flexibility index (Phi) is 8.07. The van der Waals surface area contributed by atoms with Crippen molar-refractivity contribution in [2.75, 3.05) is 5.73 Å². The fourth-order valence-electron chi connectivity index (χ4n) is 3.83. The number of primary amides is 1. The largest absolute Gasteiger partial charge is 0.395 e. The van der Waals surface area contributed by atoms with E-state index in [9.17, 15) is 23.2 Å². The predicted molar refractivity (Wildman–Crippen MR) is 139 cm³/mol. The highest BCUT2D eigenvalue weighted by Crippen LogP contribution is 2.30. The van der Waals surface area contributed by atoms with Gasteiger partial charge in [-0.05, 0) is 52.5 Å². The summed E-state index contributed by atoms with van der Waals surface area (Å²) in [6, 6.07) is 18.5. The predicted octanol–water partition coefficient (Wildman–Crippen LogP) is 3.80. The molecule has 0 fully saturated rings. The van der Waals surface area contributed by atoms with Crippen LogP contribution in [0.15, 0.2) is 78.9 Å². The van der Waals surface area contributed by atoms with Crippen LogP contribution in [0.4, 0.5) is 14.5 Å². The van der Waals surface area contributed by atoms with E-state index in [1.54, 1.807) is 24.3 Å². The van der Waals surface area contributed by atoms with Crippen molar-refractivity contribution in [3.05, 3.63) is 118 Å². The number of carbonyl (C=O) groups is 3. The van der Waals surface area contributed by atoms with E-state index >= 15 is 0 Å². The summed E-state index contributed by atoms with van der Waals surface area (Å²) in [5, 5.41) is 2.78. The van der Waals surface area contributed by atoms with Crippen molar-refractivity contribution < 1.29 is 23.2 Å². The van der Waals surface area contributed by atoms with Crippen molar-refractivity contribution in [2.24, 2.45) is 5.73 Å². The second-order valence-electron chi connectivity index (χ2n) is 8.36. The highest BCUT2D eigenvalue weighted by molar-refractivity contribution is 7.09. The number of rotatable bonds is 9. The number of amides is 3. The minimum absolute atomic E-state index is 0.0189. The number of benzene rings is 3. The van der Waals surface area contributed by atoms with Crippen LogP contribution in [-0.4, -0.2) is 27.0 Å². The molecule has 0 aliphatic rings. The number of aromatic nitrogens is 1. The zero-order valence-electron chi connectivity index (χ0n) is 19.9. The van der Waals surface area contributed by atoms with Gasteiger partial charge < -0.3 is 21.7 Å². The molecule has 0 spiro atoms. The molecule has 0 unspecified atom stereocenters. The van der Waals surface area contributed by atoms with Crippen LogP contribution in [0.25, 0.3) is 0 Å². The van der Waals surface area contributed by atoms with Crippen molar-refractivity contribution in [1.29, 1.82) is 0 Å². The molecule has 5 N–H and O–H groups in total. The molecule has 3 aromatic carbocycles. The van der Waals surface area contributed by atoms with Crippen LogP contribution in [0.5, 0.6) is 0 Å². The van der Waals surface area contributed by atoms with Gasteiger partial charge in [0.05, 0.1) is 5.69 Å². The third kappa shape index (κ3) is 6.01. The lowest BCUT2D eigenvalue weighted by Crippen LogP contribution is -2.43. The Hall–Kier alpha value is -4.64. The van der Waals surface area contributed by atoms with Gasteiger partial charge in [0.1, 0.15) is 22.6 Å². The molecule has 3 amide bonds. The summed E-state index contributed by atoms with van der Waals surface area (Å²) in [5.41, 5.74) is 12.6. The van der Waals surface area contributed by atoms with Gasteiger partial charge in [0.15, 0.2) is 5.69 Å². The molecule has 38 heavy (non-hydrogen) atoms. The molecule has 0 aliphatic carbocycles. The summed E-state index contributed by atoms with van der Waals surface area (Å²) >= 11 is 0.696. The van der Waals surface area contributed by atoms with Gasteiger partial charge in [0.2, 0.25) is 5.91 Å². The molecule has 0 radical (unpaired) electrons. The molecular formula is C27H23F2N5O3S. The Morgan fingerprint density at radius 2 is 1.50 bits per heavy atom. The molecule has 0 bridgehead atoms. The topological polar surface area (TPSA) is 131 Å². The van der Waals surface area contributed by atoms with Crippen molar-refractivity contribution in [3.8, 4) is 0 Å². The van der Waals surface area contributed by atoms with Gasteiger partial charge in [-0.15, -0.1) is 0 Å². The molecule has 1 atom stereocenters. The van der Waals surface area contributed by atoms with Crippen molar-refractivity contribution in [2.45, 2.75) is 19.1 Å². The van der Waals surface area contributed by atoms with Gasteiger partial charge >= 0.3 is 0 Å². The van der Waals surface area contributed by atoms with Crippen molar-refractivity contribution >= 4 is 34.9 Å². The zero-order chi connectivity index (χ0) is 27.2. The minimum Gasteiger partial charge on any atom is -0.395 e. The smallest absolute Gasteiger partial charge is 0.270 e. The Morgan fingerprint density at radius 3 is 2.08 bits per heavy atom. The fourth-order valence-corrected chi connectivity index (χ4v) is 4.59. The van der Waals surface area contributed by atoms with E-state index in [2.05, 4.69) is 9.69 Å². The van der Waals surface area contributed by atoms with E-state index in [1.165, 1.54) is 53.4 Å². The third-order valence-electron chi connectivity index (χ3n) is 5.74. The maximum absolute atomic E-state index is 13.9. The molecule has 11 heteroatoms. The standard InChI is InChI=1S/C27H23F2N5O3S/c28-19-10-6-16(7-11-19)14-32-26(36)23(18-8-12-20(29)13-9-18)34(15-17-4-2-1-3-5-17)27(37)24-21(30)22(25(31)35)33-38-24/h1-13,23H,14-15,30H2,(H2,31,35)(H,32,36)/t23-/m1/s1. The number of anilines is 1. The molecule has 0 aliphatic heterocycles. The average Bonchev–Trinajstić information content (AvgIpc) is 3.30. The van der Waals surface area contributed by atoms with E-state index in [0.29, 0.717) is 28.2 Å². The van der Waals surface area contributed by atoms with E-state index in [0.717, 1.165) is 0 Å². The summed E-state index contributed by atoms with van der Waals surface area (Å²) in [4.78, 5) is 40.4. The number of hydrogen-bond acceptors (Lipinski definition) is 6. The normalized spacial score (nSPS) is 11.5. The van der Waals surface area contributed by atoms with Gasteiger partial charge in [-0.3, -0.25) is 14.4 Å². The number of hydrogen-bond donors (Lipinski definition) is 3. The molecule has 0 saturated heterocycles. The van der Waals surface area contributed by atoms with E-state index in [1.807, 2.05) is 6.07 Å². The maximum atomic E-state index is 13.9. The van der Waals surface area contributed by atoms with Gasteiger partial charge in [-0.25, -0.2) is 8.78 Å². The van der Waals surface area contributed by atoms with Crippen LogP contribution in [0.2, 0.25) is 0 Å². The van der Waals surface area contributed by atoms with E-state index in [-0.39, 0.29) is 29.3 Å². The number of nitrogens with zero attached hydrogens (tertiary/aromatic N) is 2. The van der Waals surface area contributed by atoms with Gasteiger partial charge in [0.25, 0.3) is 11.8 Å². The van der Waals surface area contributed by atoms with Gasteiger partial charge in [-0.1, -0.05) is 54.6 Å². The first kappa shape index (κ1) is 26.4. The second kappa shape index (κ2) is 11.6.